The number of nitrogens with one attached hydrogen (secondary N) is 2. The number of H-pyrrole nitrogens is 1. The molecule has 2 aliphatic rings. The quantitative estimate of drug-likeness (QED) is 0.638. The lowest BCUT2D eigenvalue weighted by molar-refractivity contribution is -0.115. The molecule has 0 spiro atoms. The van der Waals surface area contributed by atoms with Crippen LogP contribution in [0.5, 0.6) is 0 Å². The molecule has 3 heterocycles. The van der Waals surface area contributed by atoms with E-state index in [1.807, 2.05) is 49.4 Å². The van der Waals surface area contributed by atoms with Crippen molar-refractivity contribution in [2.75, 3.05) is 10.2 Å². The SMILES string of the molecule is CC1C=CC(Cl)=C2C(=O)N(c3ccccc3)C([C@H](C)Nc3ncnc4[nH]cnc34)=CC21. The summed E-state index contributed by atoms with van der Waals surface area (Å²) in [6, 6.07) is 9.39. The van der Waals surface area contributed by atoms with E-state index in [-0.39, 0.29) is 23.8 Å². The zero-order valence-corrected chi connectivity index (χ0v) is 17.8. The molecule has 2 aromatic heterocycles. The number of amides is 1. The van der Waals surface area contributed by atoms with E-state index >= 15 is 0 Å². The number of anilines is 2. The molecule has 0 bridgehead atoms. The van der Waals surface area contributed by atoms with Crippen molar-refractivity contribution in [3.8, 4) is 0 Å². The van der Waals surface area contributed by atoms with Crippen LogP contribution >= 0.6 is 11.6 Å². The van der Waals surface area contributed by atoms with Gasteiger partial charge in [-0.3, -0.25) is 9.69 Å². The lowest BCUT2D eigenvalue weighted by Crippen LogP contribution is -2.44. The number of para-hydroxylation sites is 1. The first-order chi connectivity index (χ1) is 15.0. The second kappa shape index (κ2) is 7.67. The van der Waals surface area contributed by atoms with Crippen LogP contribution in [0.3, 0.4) is 0 Å². The summed E-state index contributed by atoms with van der Waals surface area (Å²) >= 11 is 6.48. The van der Waals surface area contributed by atoms with Crippen molar-refractivity contribution < 1.29 is 4.79 Å². The Hall–Kier alpha value is -3.45. The highest BCUT2D eigenvalue weighted by atomic mass is 35.5. The average molecular weight is 433 g/mol. The zero-order chi connectivity index (χ0) is 21.5. The van der Waals surface area contributed by atoms with Crippen LogP contribution < -0.4 is 10.2 Å². The number of allylic oxidation sites excluding steroid dienone is 4. The van der Waals surface area contributed by atoms with E-state index in [1.54, 1.807) is 11.2 Å². The molecule has 1 aliphatic heterocycles. The maximum atomic E-state index is 13.7. The molecule has 5 rings (SSSR count). The summed E-state index contributed by atoms with van der Waals surface area (Å²) in [5.41, 5.74) is 3.58. The lowest BCUT2D eigenvalue weighted by Gasteiger charge is -2.39. The molecule has 1 amide bonds. The number of carbonyl (C=O) groups excluding carboxylic acids is 1. The molecule has 8 heteroatoms. The van der Waals surface area contributed by atoms with Crippen LogP contribution in [0.15, 0.2) is 77.5 Å². The molecule has 3 aromatic rings. The minimum atomic E-state index is -0.225. The number of imidazole rings is 1. The fourth-order valence-corrected chi connectivity index (χ4v) is 4.45. The van der Waals surface area contributed by atoms with Crippen molar-refractivity contribution in [2.24, 2.45) is 11.8 Å². The Labute approximate surface area is 184 Å². The molecule has 0 saturated carbocycles. The summed E-state index contributed by atoms with van der Waals surface area (Å²) in [4.78, 5) is 31.3. The summed E-state index contributed by atoms with van der Waals surface area (Å²) in [5.74, 6) is 0.589. The van der Waals surface area contributed by atoms with Crippen LogP contribution in [0.2, 0.25) is 0 Å². The van der Waals surface area contributed by atoms with Crippen LogP contribution in [-0.4, -0.2) is 31.9 Å². The van der Waals surface area contributed by atoms with Crippen molar-refractivity contribution in [1.82, 2.24) is 19.9 Å². The van der Waals surface area contributed by atoms with Gasteiger partial charge in [0.2, 0.25) is 0 Å². The molecule has 3 atom stereocenters. The third kappa shape index (κ3) is 3.31. The molecule has 1 aliphatic carbocycles. The van der Waals surface area contributed by atoms with Gasteiger partial charge in [-0.05, 0) is 31.1 Å². The predicted octanol–water partition coefficient (Wildman–Crippen LogP) is 4.40. The van der Waals surface area contributed by atoms with Gasteiger partial charge in [0.25, 0.3) is 5.91 Å². The Balaban J connectivity index is 1.60. The molecule has 0 radical (unpaired) electrons. The summed E-state index contributed by atoms with van der Waals surface area (Å²) in [5, 5.41) is 3.92. The minimum Gasteiger partial charge on any atom is -0.360 e. The Morgan fingerprint density at radius 1 is 1.19 bits per heavy atom. The van der Waals surface area contributed by atoms with Crippen molar-refractivity contribution in [2.45, 2.75) is 19.9 Å². The van der Waals surface area contributed by atoms with Crippen LogP contribution in [0, 0.1) is 11.8 Å². The number of hydrogen-bond acceptors (Lipinski definition) is 5. The van der Waals surface area contributed by atoms with Gasteiger partial charge in [0.15, 0.2) is 11.5 Å². The monoisotopic (exact) mass is 432 g/mol. The number of hydrogen-bond donors (Lipinski definition) is 2. The van der Waals surface area contributed by atoms with E-state index in [9.17, 15) is 4.79 Å². The molecule has 156 valence electrons. The highest BCUT2D eigenvalue weighted by Gasteiger charge is 2.39. The smallest absolute Gasteiger partial charge is 0.260 e. The van der Waals surface area contributed by atoms with E-state index in [0.717, 1.165) is 11.4 Å². The first-order valence-electron chi connectivity index (χ1n) is 10.1. The number of benzene rings is 1. The standard InChI is InChI=1S/C23H21ClN6O/c1-13-8-9-17(24)19-16(13)10-18(30(23(19)31)15-6-4-3-5-7-15)14(2)29-22-20-21(26-11-25-20)27-12-28-22/h3-14,16H,1-2H3,(H2,25,26,27,28,29)/t13?,14-,16?/m0/s1. The van der Waals surface area contributed by atoms with Crippen LogP contribution in [0.25, 0.3) is 11.2 Å². The van der Waals surface area contributed by atoms with E-state index in [4.69, 9.17) is 11.6 Å². The summed E-state index contributed by atoms with van der Waals surface area (Å²) < 4.78 is 0. The second-order valence-electron chi connectivity index (χ2n) is 7.76. The molecule has 1 aromatic carbocycles. The minimum absolute atomic E-state index is 0.0833. The molecule has 31 heavy (non-hydrogen) atoms. The number of fused-ring (bicyclic) bond motifs is 2. The van der Waals surface area contributed by atoms with Gasteiger partial charge in [-0.1, -0.05) is 48.9 Å². The molecule has 0 saturated heterocycles. The Morgan fingerprint density at radius 2 is 2.00 bits per heavy atom. The van der Waals surface area contributed by atoms with Crippen LogP contribution in [0.1, 0.15) is 13.8 Å². The maximum Gasteiger partial charge on any atom is 0.260 e. The largest absolute Gasteiger partial charge is 0.360 e. The average Bonchev–Trinajstić information content (AvgIpc) is 3.26. The van der Waals surface area contributed by atoms with Gasteiger partial charge >= 0.3 is 0 Å². The van der Waals surface area contributed by atoms with Crippen LogP contribution in [0.4, 0.5) is 11.5 Å². The number of nitrogens with zero attached hydrogens (tertiary/aromatic N) is 4. The maximum absolute atomic E-state index is 13.7. The van der Waals surface area contributed by atoms with Gasteiger partial charge in [0.1, 0.15) is 11.8 Å². The molecule has 0 fully saturated rings. The van der Waals surface area contributed by atoms with Crippen molar-refractivity contribution >= 4 is 40.2 Å². The first-order valence-corrected chi connectivity index (χ1v) is 10.5. The Morgan fingerprint density at radius 3 is 2.81 bits per heavy atom. The van der Waals surface area contributed by atoms with Gasteiger partial charge in [-0.15, -0.1) is 0 Å². The summed E-state index contributed by atoms with van der Waals surface area (Å²) in [6.07, 6.45) is 9.09. The summed E-state index contributed by atoms with van der Waals surface area (Å²) in [7, 11) is 0. The molecular formula is C23H21ClN6O. The third-order valence-electron chi connectivity index (χ3n) is 5.77. The Bertz CT molecular complexity index is 1250. The lowest BCUT2D eigenvalue weighted by atomic mass is 9.79. The van der Waals surface area contributed by atoms with Gasteiger partial charge in [0.05, 0.1) is 12.4 Å². The third-order valence-corrected chi connectivity index (χ3v) is 6.10. The Kier molecular flexibility index (Phi) is 4.82. The zero-order valence-electron chi connectivity index (χ0n) is 17.1. The number of carbonyl (C=O) groups is 1. The van der Waals surface area contributed by atoms with Gasteiger partial charge in [-0.2, -0.15) is 0 Å². The molecule has 2 N–H and O–H groups in total. The fourth-order valence-electron chi connectivity index (χ4n) is 4.17. The van der Waals surface area contributed by atoms with Crippen LogP contribution in [-0.2, 0) is 4.79 Å². The molecule has 7 nitrogen and oxygen atoms in total. The van der Waals surface area contributed by atoms with Crippen molar-refractivity contribution in [3.63, 3.8) is 0 Å². The highest BCUT2D eigenvalue weighted by Crippen LogP contribution is 2.41. The van der Waals surface area contributed by atoms with E-state index < -0.39 is 0 Å². The van der Waals surface area contributed by atoms with E-state index in [1.165, 1.54) is 6.33 Å². The van der Waals surface area contributed by atoms with Crippen molar-refractivity contribution in [1.29, 1.82) is 0 Å². The molecule has 2 unspecified atom stereocenters. The number of aromatic nitrogens is 4. The van der Waals surface area contributed by atoms with Gasteiger partial charge in [0, 0.05) is 27.9 Å². The van der Waals surface area contributed by atoms with Crippen molar-refractivity contribution in [3.05, 3.63) is 77.5 Å². The van der Waals surface area contributed by atoms with Gasteiger partial charge in [-0.25, -0.2) is 15.0 Å². The predicted molar refractivity (Wildman–Crippen MR) is 121 cm³/mol. The normalized spacial score (nSPS) is 21.8. The topological polar surface area (TPSA) is 86.8 Å². The highest BCUT2D eigenvalue weighted by molar-refractivity contribution is 6.34. The molecular weight excluding hydrogens is 412 g/mol. The van der Waals surface area contributed by atoms with E-state index in [0.29, 0.717) is 27.6 Å². The summed E-state index contributed by atoms with van der Waals surface area (Å²) in [6.45, 7) is 4.11. The number of aromatic amines is 1. The number of halogens is 1. The van der Waals surface area contributed by atoms with E-state index in [2.05, 4.69) is 38.3 Å². The first kappa shape index (κ1) is 19.5. The second-order valence-corrected chi connectivity index (χ2v) is 8.17. The van der Waals surface area contributed by atoms with Gasteiger partial charge < -0.3 is 10.3 Å². The fraction of sp³-hybridized carbons (Fsp3) is 0.217. The number of rotatable bonds is 4.